The van der Waals surface area contributed by atoms with E-state index in [1.165, 1.54) is 22.7 Å². The number of nitrogens with zero attached hydrogens (tertiary/aromatic N) is 1. The van der Waals surface area contributed by atoms with Gasteiger partial charge < -0.3 is 11.1 Å². The summed E-state index contributed by atoms with van der Waals surface area (Å²) in [6.45, 7) is 7.37. The highest BCUT2D eigenvalue weighted by Crippen LogP contribution is 2.37. The van der Waals surface area contributed by atoms with Gasteiger partial charge in [0.2, 0.25) is 0 Å². The lowest BCUT2D eigenvalue weighted by atomic mass is 9.97. The zero-order chi connectivity index (χ0) is 12.5. The molecule has 0 spiro atoms. The molecule has 2 atom stereocenters. The van der Waals surface area contributed by atoms with Crippen molar-refractivity contribution in [1.82, 2.24) is 10.3 Å². The Hall–Kier alpha value is -0.450. The van der Waals surface area contributed by atoms with Gasteiger partial charge in [-0.25, -0.2) is 4.98 Å². The molecule has 3 N–H and O–H groups in total. The van der Waals surface area contributed by atoms with Crippen molar-refractivity contribution in [3.05, 3.63) is 16.1 Å². The molecule has 1 heterocycles. The summed E-state index contributed by atoms with van der Waals surface area (Å²) in [5, 5.41) is 4.70. The summed E-state index contributed by atoms with van der Waals surface area (Å²) < 4.78 is 0. The normalized spacial score (nSPS) is 21.2. The second kappa shape index (κ2) is 5.04. The highest BCUT2D eigenvalue weighted by molar-refractivity contribution is 7.11. The van der Waals surface area contributed by atoms with Crippen molar-refractivity contribution in [2.24, 2.45) is 11.7 Å². The van der Waals surface area contributed by atoms with Crippen molar-refractivity contribution in [3.63, 3.8) is 0 Å². The van der Waals surface area contributed by atoms with Crippen LogP contribution in [0.25, 0.3) is 0 Å². The van der Waals surface area contributed by atoms with Crippen LogP contribution in [0, 0.1) is 5.92 Å². The highest BCUT2D eigenvalue weighted by Gasteiger charge is 2.38. The Labute approximate surface area is 108 Å². The molecule has 0 aromatic carbocycles. The third-order valence-corrected chi connectivity index (χ3v) is 4.91. The second-order valence-electron chi connectivity index (χ2n) is 5.40. The number of thiazole rings is 1. The van der Waals surface area contributed by atoms with Crippen LogP contribution in [0.4, 0.5) is 0 Å². The van der Waals surface area contributed by atoms with Crippen molar-refractivity contribution < 1.29 is 0 Å². The molecule has 2 rings (SSSR count). The van der Waals surface area contributed by atoms with E-state index in [0.29, 0.717) is 12.0 Å². The molecule has 0 bridgehead atoms. The van der Waals surface area contributed by atoms with Gasteiger partial charge in [-0.05, 0) is 39.0 Å². The lowest BCUT2D eigenvalue weighted by Crippen LogP contribution is -2.48. The molecule has 3 nitrogen and oxygen atoms in total. The highest BCUT2D eigenvalue weighted by atomic mass is 32.1. The van der Waals surface area contributed by atoms with Gasteiger partial charge in [-0.1, -0.05) is 6.92 Å². The third kappa shape index (κ3) is 3.27. The third-order valence-electron chi connectivity index (χ3n) is 3.59. The van der Waals surface area contributed by atoms with Gasteiger partial charge in [0.05, 0.1) is 6.04 Å². The predicted octanol–water partition coefficient (Wildman–Crippen LogP) is 2.48. The van der Waals surface area contributed by atoms with E-state index in [0.717, 1.165) is 13.0 Å². The van der Waals surface area contributed by atoms with E-state index in [4.69, 9.17) is 5.73 Å². The smallest absolute Gasteiger partial charge is 0.109 e. The summed E-state index contributed by atoms with van der Waals surface area (Å²) in [7, 11) is 0. The molecule has 96 valence electrons. The van der Waals surface area contributed by atoms with Gasteiger partial charge in [0.15, 0.2) is 0 Å². The largest absolute Gasteiger partial charge is 0.324 e. The molecular formula is C13H23N3S. The molecule has 1 aliphatic rings. The van der Waals surface area contributed by atoms with Crippen LogP contribution < -0.4 is 11.1 Å². The summed E-state index contributed by atoms with van der Waals surface area (Å²) in [6, 6.07) is 0.307. The molecule has 1 aliphatic carbocycles. The molecular weight excluding hydrogens is 230 g/mol. The number of hydrogen-bond acceptors (Lipinski definition) is 4. The first-order valence-electron chi connectivity index (χ1n) is 6.50. The first kappa shape index (κ1) is 13.0. The Morgan fingerprint density at radius 1 is 1.65 bits per heavy atom. The average molecular weight is 253 g/mol. The molecule has 0 amide bonds. The minimum atomic E-state index is -0.0564. The fourth-order valence-corrected chi connectivity index (χ4v) is 2.92. The molecule has 4 heteroatoms. The predicted molar refractivity (Wildman–Crippen MR) is 73.2 cm³/mol. The van der Waals surface area contributed by atoms with Crippen LogP contribution in [-0.2, 0) is 6.42 Å². The number of rotatable bonds is 6. The van der Waals surface area contributed by atoms with Gasteiger partial charge in [0.25, 0.3) is 0 Å². The van der Waals surface area contributed by atoms with Crippen molar-refractivity contribution in [1.29, 1.82) is 0 Å². The van der Waals surface area contributed by atoms with Gasteiger partial charge in [-0.3, -0.25) is 0 Å². The molecule has 17 heavy (non-hydrogen) atoms. The van der Waals surface area contributed by atoms with E-state index in [9.17, 15) is 0 Å². The lowest BCUT2D eigenvalue weighted by molar-refractivity contribution is 0.362. The van der Waals surface area contributed by atoms with E-state index < -0.39 is 0 Å². The molecule has 1 aromatic rings. The molecule has 0 saturated heterocycles. The van der Waals surface area contributed by atoms with Crippen molar-refractivity contribution in [3.8, 4) is 0 Å². The molecule has 1 fully saturated rings. The van der Waals surface area contributed by atoms with Gasteiger partial charge in [-0.15, -0.1) is 11.3 Å². The SMILES string of the molecule is CCc1cnc(C(C)NCC(C)(N)C2CC2)s1. The van der Waals surface area contributed by atoms with Crippen LogP contribution in [-0.4, -0.2) is 17.1 Å². The zero-order valence-corrected chi connectivity index (χ0v) is 11.8. The van der Waals surface area contributed by atoms with Crippen molar-refractivity contribution >= 4 is 11.3 Å². The number of aryl methyl sites for hydroxylation is 1. The van der Waals surface area contributed by atoms with Crippen molar-refractivity contribution in [2.45, 2.75) is 51.6 Å². The fraction of sp³-hybridized carbons (Fsp3) is 0.769. The van der Waals surface area contributed by atoms with Crippen LogP contribution in [0.1, 0.15) is 49.5 Å². The maximum atomic E-state index is 6.30. The fourth-order valence-electron chi connectivity index (χ4n) is 2.03. The minimum absolute atomic E-state index is 0.0564. The lowest BCUT2D eigenvalue weighted by Gasteiger charge is -2.26. The maximum Gasteiger partial charge on any atom is 0.109 e. The van der Waals surface area contributed by atoms with E-state index >= 15 is 0 Å². The first-order valence-corrected chi connectivity index (χ1v) is 7.31. The molecule has 0 aliphatic heterocycles. The molecule has 1 aromatic heterocycles. The summed E-state index contributed by atoms with van der Waals surface area (Å²) in [6.07, 6.45) is 5.64. The average Bonchev–Trinajstić information content (AvgIpc) is 3.05. The van der Waals surface area contributed by atoms with Crippen LogP contribution in [0.15, 0.2) is 6.20 Å². The topological polar surface area (TPSA) is 50.9 Å². The van der Waals surface area contributed by atoms with E-state index in [2.05, 4.69) is 31.1 Å². The van der Waals surface area contributed by atoms with Gasteiger partial charge in [-0.2, -0.15) is 0 Å². The van der Waals surface area contributed by atoms with Crippen LogP contribution in [0.5, 0.6) is 0 Å². The standard InChI is InChI=1S/C13H23N3S/c1-4-11-7-15-12(17-11)9(2)16-8-13(3,14)10-5-6-10/h7,9-10,16H,4-6,8,14H2,1-3H3. The Balaban J connectivity index is 1.86. The van der Waals surface area contributed by atoms with Gasteiger partial charge in [0.1, 0.15) is 5.01 Å². The number of hydrogen-bond donors (Lipinski definition) is 2. The van der Waals surface area contributed by atoms with Crippen LogP contribution in [0.3, 0.4) is 0 Å². The van der Waals surface area contributed by atoms with E-state index in [1.807, 2.05) is 6.20 Å². The summed E-state index contributed by atoms with van der Waals surface area (Å²) in [5.74, 6) is 0.713. The first-order chi connectivity index (χ1) is 8.03. The number of nitrogens with one attached hydrogen (secondary N) is 1. The Bertz CT molecular complexity index is 368. The Kier molecular flexibility index (Phi) is 3.85. The van der Waals surface area contributed by atoms with E-state index in [1.54, 1.807) is 11.3 Å². The minimum Gasteiger partial charge on any atom is -0.324 e. The second-order valence-corrected chi connectivity index (χ2v) is 6.55. The Morgan fingerprint density at radius 2 is 2.35 bits per heavy atom. The molecule has 1 saturated carbocycles. The Morgan fingerprint density at radius 3 is 2.88 bits per heavy atom. The summed E-state index contributed by atoms with van der Waals surface area (Å²) in [5.41, 5.74) is 6.24. The van der Waals surface area contributed by atoms with Crippen molar-refractivity contribution in [2.75, 3.05) is 6.54 Å². The van der Waals surface area contributed by atoms with E-state index in [-0.39, 0.29) is 5.54 Å². The zero-order valence-electron chi connectivity index (χ0n) is 11.0. The summed E-state index contributed by atoms with van der Waals surface area (Å²) in [4.78, 5) is 5.82. The van der Waals surface area contributed by atoms with Crippen LogP contribution in [0.2, 0.25) is 0 Å². The van der Waals surface area contributed by atoms with Crippen LogP contribution >= 0.6 is 11.3 Å². The summed E-state index contributed by atoms with van der Waals surface area (Å²) >= 11 is 1.80. The quantitative estimate of drug-likeness (QED) is 0.819. The monoisotopic (exact) mass is 253 g/mol. The van der Waals surface area contributed by atoms with Gasteiger partial charge in [0, 0.05) is 23.2 Å². The maximum absolute atomic E-state index is 6.30. The number of aromatic nitrogens is 1. The molecule has 0 radical (unpaired) electrons. The molecule has 2 unspecified atom stereocenters. The number of nitrogens with two attached hydrogens (primary N) is 1. The van der Waals surface area contributed by atoms with Gasteiger partial charge >= 0.3 is 0 Å².